The summed E-state index contributed by atoms with van der Waals surface area (Å²) in [6.45, 7) is 8.90. The number of piperidine rings is 1. The van der Waals surface area contributed by atoms with Crippen molar-refractivity contribution in [1.29, 1.82) is 0 Å². The van der Waals surface area contributed by atoms with Crippen LogP contribution in [0.4, 0.5) is 0 Å². The SMILES string of the molecule is CC1(C)CC(NC(=O)C2CC2c2cccc3ccccc23)CC(C)(C)N1. The van der Waals surface area contributed by atoms with Crippen LogP contribution < -0.4 is 10.6 Å². The van der Waals surface area contributed by atoms with Crippen molar-refractivity contribution >= 4 is 16.7 Å². The normalized spacial score (nSPS) is 27.2. The molecule has 2 atom stereocenters. The zero-order valence-electron chi connectivity index (χ0n) is 16.3. The van der Waals surface area contributed by atoms with E-state index in [0.29, 0.717) is 5.92 Å². The predicted octanol–water partition coefficient (Wildman–Crippen LogP) is 4.37. The molecule has 1 amide bonds. The molecule has 26 heavy (non-hydrogen) atoms. The highest BCUT2D eigenvalue weighted by Gasteiger charge is 2.46. The van der Waals surface area contributed by atoms with Crippen molar-refractivity contribution in [2.24, 2.45) is 5.92 Å². The van der Waals surface area contributed by atoms with Crippen molar-refractivity contribution in [3.63, 3.8) is 0 Å². The molecule has 2 unspecified atom stereocenters. The van der Waals surface area contributed by atoms with E-state index >= 15 is 0 Å². The van der Waals surface area contributed by atoms with Crippen molar-refractivity contribution in [3.8, 4) is 0 Å². The van der Waals surface area contributed by atoms with Crippen LogP contribution in [-0.4, -0.2) is 23.0 Å². The summed E-state index contributed by atoms with van der Waals surface area (Å²) in [6, 6.07) is 15.2. The van der Waals surface area contributed by atoms with E-state index in [4.69, 9.17) is 0 Å². The number of carbonyl (C=O) groups is 1. The van der Waals surface area contributed by atoms with Crippen LogP contribution in [0.2, 0.25) is 0 Å². The van der Waals surface area contributed by atoms with Gasteiger partial charge in [0.1, 0.15) is 0 Å². The summed E-state index contributed by atoms with van der Waals surface area (Å²) in [7, 11) is 0. The third kappa shape index (κ3) is 3.50. The molecular formula is C23H30N2O. The fourth-order valence-corrected chi connectivity index (χ4v) is 5.13. The first-order valence-electron chi connectivity index (χ1n) is 9.81. The average molecular weight is 351 g/mol. The van der Waals surface area contributed by atoms with E-state index in [-0.39, 0.29) is 28.9 Å². The molecule has 2 aromatic carbocycles. The summed E-state index contributed by atoms with van der Waals surface area (Å²) in [4.78, 5) is 12.9. The van der Waals surface area contributed by atoms with Crippen LogP contribution in [0, 0.1) is 5.92 Å². The maximum atomic E-state index is 12.9. The third-order valence-corrected chi connectivity index (χ3v) is 5.89. The van der Waals surface area contributed by atoms with Gasteiger partial charge in [0.2, 0.25) is 5.91 Å². The Kier molecular flexibility index (Phi) is 4.11. The molecule has 2 aliphatic rings. The Morgan fingerprint density at radius 1 is 1.00 bits per heavy atom. The molecule has 1 aliphatic carbocycles. The van der Waals surface area contributed by atoms with Crippen LogP contribution in [0.5, 0.6) is 0 Å². The smallest absolute Gasteiger partial charge is 0.223 e. The lowest BCUT2D eigenvalue weighted by Crippen LogP contribution is -2.62. The highest BCUT2D eigenvalue weighted by Crippen LogP contribution is 2.49. The molecule has 0 aromatic heterocycles. The maximum absolute atomic E-state index is 12.9. The van der Waals surface area contributed by atoms with Gasteiger partial charge in [-0.3, -0.25) is 4.79 Å². The molecule has 1 saturated heterocycles. The van der Waals surface area contributed by atoms with Gasteiger partial charge in [0.25, 0.3) is 0 Å². The van der Waals surface area contributed by atoms with Gasteiger partial charge < -0.3 is 10.6 Å². The van der Waals surface area contributed by atoms with Crippen LogP contribution in [0.15, 0.2) is 42.5 Å². The van der Waals surface area contributed by atoms with Crippen molar-refractivity contribution < 1.29 is 4.79 Å². The summed E-state index contributed by atoms with van der Waals surface area (Å²) < 4.78 is 0. The zero-order valence-corrected chi connectivity index (χ0v) is 16.3. The van der Waals surface area contributed by atoms with Gasteiger partial charge in [-0.2, -0.15) is 0 Å². The Balaban J connectivity index is 1.46. The summed E-state index contributed by atoms with van der Waals surface area (Å²) in [5.74, 6) is 0.729. The molecular weight excluding hydrogens is 320 g/mol. The number of carbonyl (C=O) groups excluding carboxylic acids is 1. The Morgan fingerprint density at radius 2 is 1.65 bits per heavy atom. The van der Waals surface area contributed by atoms with E-state index in [0.717, 1.165) is 19.3 Å². The molecule has 3 nitrogen and oxygen atoms in total. The van der Waals surface area contributed by atoms with Gasteiger partial charge in [0.05, 0.1) is 0 Å². The lowest BCUT2D eigenvalue weighted by molar-refractivity contribution is -0.123. The molecule has 0 bridgehead atoms. The minimum absolute atomic E-state index is 0.0539. The molecule has 1 saturated carbocycles. The first kappa shape index (κ1) is 17.5. The van der Waals surface area contributed by atoms with Crippen molar-refractivity contribution in [3.05, 3.63) is 48.0 Å². The Morgan fingerprint density at radius 3 is 2.38 bits per heavy atom. The number of hydrogen-bond donors (Lipinski definition) is 2. The van der Waals surface area contributed by atoms with E-state index in [2.05, 4.69) is 80.8 Å². The first-order valence-corrected chi connectivity index (χ1v) is 9.81. The van der Waals surface area contributed by atoms with Crippen molar-refractivity contribution in [2.45, 2.75) is 70.0 Å². The number of fused-ring (bicyclic) bond motifs is 1. The van der Waals surface area contributed by atoms with Crippen LogP contribution >= 0.6 is 0 Å². The highest BCUT2D eigenvalue weighted by molar-refractivity contribution is 5.89. The second kappa shape index (κ2) is 6.09. The van der Waals surface area contributed by atoms with E-state index in [1.165, 1.54) is 16.3 Å². The summed E-state index contributed by atoms with van der Waals surface area (Å²) in [6.07, 6.45) is 2.93. The molecule has 2 fully saturated rings. The van der Waals surface area contributed by atoms with E-state index in [9.17, 15) is 4.79 Å². The number of amides is 1. The molecule has 0 radical (unpaired) electrons. The Hall–Kier alpha value is -1.87. The lowest BCUT2D eigenvalue weighted by Gasteiger charge is -2.46. The van der Waals surface area contributed by atoms with Gasteiger partial charge in [0, 0.05) is 23.0 Å². The quantitative estimate of drug-likeness (QED) is 0.863. The molecule has 1 heterocycles. The van der Waals surface area contributed by atoms with E-state index < -0.39 is 0 Å². The van der Waals surface area contributed by atoms with Gasteiger partial charge in [-0.15, -0.1) is 0 Å². The van der Waals surface area contributed by atoms with Gasteiger partial charge in [-0.1, -0.05) is 42.5 Å². The summed E-state index contributed by atoms with van der Waals surface area (Å²) in [5.41, 5.74) is 1.44. The number of hydrogen-bond acceptors (Lipinski definition) is 2. The number of nitrogens with one attached hydrogen (secondary N) is 2. The fraction of sp³-hybridized carbons (Fsp3) is 0.522. The van der Waals surface area contributed by atoms with E-state index in [1.807, 2.05) is 0 Å². The van der Waals surface area contributed by atoms with E-state index in [1.54, 1.807) is 0 Å². The molecule has 4 rings (SSSR count). The fourth-order valence-electron chi connectivity index (χ4n) is 5.13. The second-order valence-corrected chi connectivity index (χ2v) is 9.52. The highest BCUT2D eigenvalue weighted by atomic mass is 16.2. The number of rotatable bonds is 3. The van der Waals surface area contributed by atoms with Crippen LogP contribution in [-0.2, 0) is 4.79 Å². The molecule has 3 heteroatoms. The molecule has 138 valence electrons. The summed E-state index contributed by atoms with van der Waals surface area (Å²) >= 11 is 0. The Bertz CT molecular complexity index is 818. The molecule has 0 spiro atoms. The van der Waals surface area contributed by atoms with Crippen LogP contribution in [0.25, 0.3) is 10.8 Å². The minimum Gasteiger partial charge on any atom is -0.353 e. The first-order chi connectivity index (χ1) is 12.2. The maximum Gasteiger partial charge on any atom is 0.223 e. The average Bonchev–Trinajstić information content (AvgIpc) is 3.31. The van der Waals surface area contributed by atoms with Crippen molar-refractivity contribution in [2.75, 3.05) is 0 Å². The van der Waals surface area contributed by atoms with Crippen molar-refractivity contribution in [1.82, 2.24) is 10.6 Å². The van der Waals surface area contributed by atoms with Gasteiger partial charge >= 0.3 is 0 Å². The Labute approximate surface area is 156 Å². The molecule has 2 aromatic rings. The standard InChI is InChI=1S/C23H30N2O/c1-22(2)13-16(14-23(3,4)25-22)24-21(26)20-12-19(20)18-11-7-9-15-8-5-6-10-17(15)18/h5-11,16,19-20,25H,12-14H2,1-4H3,(H,24,26). The van der Waals surface area contributed by atoms with Gasteiger partial charge in [-0.05, 0) is 69.2 Å². The summed E-state index contributed by atoms with van der Waals surface area (Å²) in [5, 5.41) is 9.60. The topological polar surface area (TPSA) is 41.1 Å². The minimum atomic E-state index is 0.0539. The van der Waals surface area contributed by atoms with Gasteiger partial charge in [0.15, 0.2) is 0 Å². The number of benzene rings is 2. The molecule has 2 N–H and O–H groups in total. The lowest BCUT2D eigenvalue weighted by atomic mass is 9.79. The second-order valence-electron chi connectivity index (χ2n) is 9.52. The van der Waals surface area contributed by atoms with Crippen LogP contribution in [0.3, 0.4) is 0 Å². The largest absolute Gasteiger partial charge is 0.353 e. The zero-order chi connectivity index (χ0) is 18.5. The van der Waals surface area contributed by atoms with Crippen LogP contribution in [0.1, 0.15) is 58.4 Å². The third-order valence-electron chi connectivity index (χ3n) is 5.89. The predicted molar refractivity (Wildman–Crippen MR) is 107 cm³/mol. The van der Waals surface area contributed by atoms with Gasteiger partial charge in [-0.25, -0.2) is 0 Å². The molecule has 1 aliphatic heterocycles. The monoisotopic (exact) mass is 350 g/mol.